The maximum absolute atomic E-state index is 9.15. The van der Waals surface area contributed by atoms with Gasteiger partial charge in [0, 0.05) is 0 Å². The van der Waals surface area contributed by atoms with Crippen LogP contribution in [0.5, 0.6) is 0 Å². The molecular formula is C6H17NO3S. The molecule has 0 aliphatic heterocycles. The molecule has 70 valence electrons. The molecule has 0 rings (SSSR count). The average Bonchev–Trinajstić information content (AvgIpc) is 1.88. The van der Waals surface area contributed by atoms with E-state index in [4.69, 9.17) is 8.76 Å². The third-order valence-corrected chi connectivity index (χ3v) is 1.36. The van der Waals surface area contributed by atoms with Crippen LogP contribution in [0.3, 0.4) is 0 Å². The Morgan fingerprint density at radius 1 is 1.45 bits per heavy atom. The summed E-state index contributed by atoms with van der Waals surface area (Å²) in [6, 6.07) is 0. The molecule has 0 aromatic heterocycles. The summed E-state index contributed by atoms with van der Waals surface area (Å²) in [5.74, 6) is 0. The summed E-state index contributed by atoms with van der Waals surface area (Å²) >= 11 is -2.32. The first kappa shape index (κ1) is 13.6. The number of hydrogen-bond donors (Lipinski definition) is 0. The zero-order valence-corrected chi connectivity index (χ0v) is 8.60. The second kappa shape index (κ2) is 6.72. The molecule has 0 radical (unpaired) electrons. The molecule has 0 aromatic carbocycles. The maximum atomic E-state index is 9.15. The molecule has 0 aromatic rings. The second-order valence-corrected chi connectivity index (χ2v) is 3.72. The third-order valence-electron chi connectivity index (χ3n) is 1.08. The monoisotopic (exact) mass is 183 g/mol. The van der Waals surface area contributed by atoms with Crippen molar-refractivity contribution in [2.75, 3.05) is 34.8 Å². The van der Waals surface area contributed by atoms with Crippen molar-refractivity contribution >= 4 is 11.4 Å². The number of rotatable bonds is 2. The van der Waals surface area contributed by atoms with E-state index in [9.17, 15) is 0 Å². The zero-order chi connectivity index (χ0) is 9.49. The minimum atomic E-state index is -2.32. The van der Waals surface area contributed by atoms with E-state index in [1.165, 1.54) is 6.54 Å². The quantitative estimate of drug-likeness (QED) is 0.452. The topological polar surface area (TPSA) is 49.4 Å². The normalized spacial score (nSPS) is 13.3. The first-order valence-corrected chi connectivity index (χ1v) is 4.27. The van der Waals surface area contributed by atoms with E-state index in [-0.39, 0.29) is 0 Å². The highest BCUT2D eigenvalue weighted by Gasteiger charge is 1.97. The molecule has 1 unspecified atom stereocenters. The van der Waals surface area contributed by atoms with Gasteiger partial charge in [0.15, 0.2) is 0 Å². The molecule has 0 fully saturated rings. The van der Waals surface area contributed by atoms with Crippen molar-refractivity contribution in [3.05, 3.63) is 0 Å². The molecule has 0 heterocycles. The van der Waals surface area contributed by atoms with Gasteiger partial charge in [-0.05, 0) is 6.92 Å². The Labute approximate surface area is 71.2 Å². The number of hydrogen-bond acceptors (Lipinski definition) is 3. The van der Waals surface area contributed by atoms with Gasteiger partial charge in [0.1, 0.15) is 0 Å². The lowest BCUT2D eigenvalue weighted by molar-refractivity contribution is -0.868. The first-order valence-electron chi connectivity index (χ1n) is 3.27. The number of nitrogens with zero attached hydrogens (tertiary/aromatic N) is 1. The summed E-state index contributed by atoms with van der Waals surface area (Å²) in [7, 11) is 7.63. The van der Waals surface area contributed by atoms with Crippen molar-refractivity contribution in [2.45, 2.75) is 6.92 Å². The Morgan fingerprint density at radius 2 is 1.64 bits per heavy atom. The lowest BCUT2D eigenvalue weighted by atomic mass is 10.6. The zero-order valence-electron chi connectivity index (χ0n) is 7.79. The molecular weight excluding hydrogens is 166 g/mol. The van der Waals surface area contributed by atoms with E-state index in [1.54, 1.807) is 0 Å². The van der Waals surface area contributed by atoms with Crippen LogP contribution >= 0.6 is 0 Å². The van der Waals surface area contributed by atoms with Crippen LogP contribution in [0.25, 0.3) is 0 Å². The maximum Gasteiger partial charge on any atom is 0.0839 e. The standard InChI is InChI=1S/C5H14N.CH4O3S/c1-5-6(2,3)4;1-4-5(2)3/h5H2,1-4H3;1H3,(H,2,3)/q+1;/p-1. The van der Waals surface area contributed by atoms with Crippen molar-refractivity contribution in [1.29, 1.82) is 0 Å². The van der Waals surface area contributed by atoms with Gasteiger partial charge in [-0.1, -0.05) is 0 Å². The van der Waals surface area contributed by atoms with Crippen molar-refractivity contribution in [3.8, 4) is 0 Å². The van der Waals surface area contributed by atoms with E-state index >= 15 is 0 Å². The Hall–Kier alpha value is 0.0300. The second-order valence-electron chi connectivity index (χ2n) is 2.98. The SMILES string of the molecule is CC[N+](C)(C)C.COS(=O)[O-]. The van der Waals surface area contributed by atoms with Gasteiger partial charge in [-0.25, -0.2) is 4.21 Å². The van der Waals surface area contributed by atoms with Gasteiger partial charge in [0.2, 0.25) is 0 Å². The molecule has 0 spiro atoms. The van der Waals surface area contributed by atoms with Crippen LogP contribution in [0.2, 0.25) is 0 Å². The summed E-state index contributed by atoms with van der Waals surface area (Å²) in [6.07, 6.45) is 0. The highest BCUT2D eigenvalue weighted by atomic mass is 32.2. The fourth-order valence-corrected chi connectivity index (χ4v) is 0. The van der Waals surface area contributed by atoms with E-state index < -0.39 is 11.4 Å². The predicted octanol–water partition coefficient (Wildman–Crippen LogP) is 0.139. The van der Waals surface area contributed by atoms with Gasteiger partial charge in [-0.15, -0.1) is 0 Å². The summed E-state index contributed by atoms with van der Waals surface area (Å²) in [4.78, 5) is 0. The summed E-state index contributed by atoms with van der Waals surface area (Å²) < 4.78 is 23.0. The highest BCUT2D eigenvalue weighted by molar-refractivity contribution is 7.74. The van der Waals surface area contributed by atoms with Gasteiger partial charge in [0.05, 0.1) is 46.2 Å². The smallest absolute Gasteiger partial charge is 0.0839 e. The molecule has 4 nitrogen and oxygen atoms in total. The van der Waals surface area contributed by atoms with Crippen LogP contribution in [0.15, 0.2) is 0 Å². The molecule has 0 saturated carbocycles. The lowest BCUT2D eigenvalue weighted by Gasteiger charge is -2.20. The molecule has 0 aliphatic carbocycles. The largest absolute Gasteiger partial charge is 0.750 e. The third kappa shape index (κ3) is 25.6. The van der Waals surface area contributed by atoms with Crippen LogP contribution in [0, 0.1) is 0 Å². The minimum absolute atomic E-state index is 1.07. The fraction of sp³-hybridized carbons (Fsp3) is 1.00. The van der Waals surface area contributed by atoms with E-state index in [1.807, 2.05) is 0 Å². The predicted molar refractivity (Wildman–Crippen MR) is 44.5 cm³/mol. The van der Waals surface area contributed by atoms with Crippen LogP contribution in [0.4, 0.5) is 0 Å². The highest BCUT2D eigenvalue weighted by Crippen LogP contribution is 1.83. The van der Waals surface area contributed by atoms with Crippen LogP contribution in [-0.4, -0.2) is 48.0 Å². The Kier molecular flexibility index (Phi) is 8.32. The molecule has 1 atom stereocenters. The lowest BCUT2D eigenvalue weighted by Crippen LogP contribution is -2.33. The van der Waals surface area contributed by atoms with Crippen molar-refractivity contribution < 1.29 is 17.4 Å². The van der Waals surface area contributed by atoms with Crippen molar-refractivity contribution in [3.63, 3.8) is 0 Å². The van der Waals surface area contributed by atoms with Crippen LogP contribution in [0.1, 0.15) is 6.92 Å². The average molecular weight is 183 g/mol. The molecule has 0 saturated heterocycles. The van der Waals surface area contributed by atoms with E-state index in [2.05, 4.69) is 32.2 Å². The van der Waals surface area contributed by atoms with Crippen LogP contribution in [-0.2, 0) is 15.5 Å². The first-order chi connectivity index (χ1) is 4.83. The molecule has 0 aliphatic rings. The van der Waals surface area contributed by atoms with Gasteiger partial charge in [-0.2, -0.15) is 0 Å². The molecule has 0 amide bonds. The van der Waals surface area contributed by atoms with Crippen LogP contribution < -0.4 is 0 Å². The molecule has 5 heteroatoms. The van der Waals surface area contributed by atoms with Crippen molar-refractivity contribution in [1.82, 2.24) is 0 Å². The Bertz CT molecular complexity index is 111. The Balaban J connectivity index is 0. The summed E-state index contributed by atoms with van der Waals surface area (Å²) in [5.41, 5.74) is 0. The minimum Gasteiger partial charge on any atom is -0.750 e. The Morgan fingerprint density at radius 3 is 1.64 bits per heavy atom. The van der Waals surface area contributed by atoms with Crippen molar-refractivity contribution in [2.24, 2.45) is 0 Å². The van der Waals surface area contributed by atoms with Gasteiger partial charge < -0.3 is 13.2 Å². The molecule has 11 heavy (non-hydrogen) atoms. The fourth-order valence-electron chi connectivity index (χ4n) is 0. The summed E-state index contributed by atoms with van der Waals surface area (Å²) in [5, 5.41) is 0. The molecule has 0 bridgehead atoms. The van der Waals surface area contributed by atoms with E-state index in [0.717, 1.165) is 11.6 Å². The van der Waals surface area contributed by atoms with E-state index in [0.29, 0.717) is 0 Å². The number of quaternary nitrogens is 1. The van der Waals surface area contributed by atoms with Gasteiger partial charge >= 0.3 is 0 Å². The summed E-state index contributed by atoms with van der Waals surface area (Å²) in [6.45, 7) is 3.39. The van der Waals surface area contributed by atoms with Gasteiger partial charge in [-0.3, -0.25) is 0 Å². The van der Waals surface area contributed by atoms with Gasteiger partial charge in [0.25, 0.3) is 0 Å². The molecule has 0 N–H and O–H groups in total.